The number of amides is 2. The number of thioether (sulfide) groups is 1. The van der Waals surface area contributed by atoms with Crippen LogP contribution in [0.1, 0.15) is 65.7 Å². The largest absolute Gasteiger partial charge is 0.342 e. The Hall–Kier alpha value is -0.820. The minimum atomic E-state index is -0.612. The molecule has 7 heteroatoms. The first kappa shape index (κ1) is 21.4. The molecule has 0 aromatic rings. The van der Waals surface area contributed by atoms with E-state index in [4.69, 9.17) is 0 Å². The van der Waals surface area contributed by atoms with Crippen molar-refractivity contribution in [2.75, 3.05) is 13.1 Å². The average molecular weight is 426 g/mol. The van der Waals surface area contributed by atoms with E-state index in [0.29, 0.717) is 42.6 Å². The van der Waals surface area contributed by atoms with Gasteiger partial charge in [-0.05, 0) is 56.8 Å². The summed E-state index contributed by atoms with van der Waals surface area (Å²) in [6.07, 6.45) is 5.49. The monoisotopic (exact) mass is 425 g/mol. The maximum absolute atomic E-state index is 13.8. The predicted molar refractivity (Wildman–Crippen MR) is 114 cm³/mol. The number of alkyl halides is 1. The summed E-state index contributed by atoms with van der Waals surface area (Å²) < 4.78 is 13.8. The lowest BCUT2D eigenvalue weighted by molar-refractivity contribution is -0.142. The highest BCUT2D eigenvalue weighted by Gasteiger charge is 2.48. The van der Waals surface area contributed by atoms with Gasteiger partial charge in [-0.2, -0.15) is 0 Å². The van der Waals surface area contributed by atoms with E-state index in [2.05, 4.69) is 10.6 Å². The molecule has 0 aromatic heterocycles. The van der Waals surface area contributed by atoms with Crippen molar-refractivity contribution in [3.8, 4) is 0 Å². The first-order chi connectivity index (χ1) is 13.7. The van der Waals surface area contributed by atoms with Gasteiger partial charge in [-0.1, -0.05) is 20.8 Å². The number of nitrogens with one attached hydrogen (secondary N) is 2. The van der Waals surface area contributed by atoms with Gasteiger partial charge in [-0.3, -0.25) is 14.9 Å². The topological polar surface area (TPSA) is 61.4 Å². The number of fused-ring (bicyclic) bond motifs is 3. The van der Waals surface area contributed by atoms with Gasteiger partial charge >= 0.3 is 0 Å². The third-order valence-corrected chi connectivity index (χ3v) is 8.89. The summed E-state index contributed by atoms with van der Waals surface area (Å²) in [6.45, 7) is 7.17. The van der Waals surface area contributed by atoms with Crippen LogP contribution >= 0.6 is 11.8 Å². The average Bonchev–Trinajstić information content (AvgIpc) is 3.09. The fraction of sp³-hybridized carbons (Fsp3) is 0.909. The van der Waals surface area contributed by atoms with Crippen LogP contribution in [0.5, 0.6) is 0 Å². The van der Waals surface area contributed by atoms with Crippen LogP contribution in [-0.2, 0) is 9.59 Å². The van der Waals surface area contributed by atoms with Gasteiger partial charge < -0.3 is 10.2 Å². The smallest absolute Gasteiger partial charge is 0.227 e. The first-order valence-electron chi connectivity index (χ1n) is 11.4. The summed E-state index contributed by atoms with van der Waals surface area (Å²) in [5, 5.41) is 7.34. The quantitative estimate of drug-likeness (QED) is 0.713. The highest BCUT2D eigenvalue weighted by Crippen LogP contribution is 2.49. The standard InChI is InChI=1S/C22H36FN3O2S/c1-22(2,3)20(28)26-10-8-13(9-11-26)19(27)25-21-24-17-7-4-14-12-15(23)5-6-16(14)18(17)29-21/h13-18,21,24H,4-12H2,1-3H3,(H,25,27). The number of carbonyl (C=O) groups excluding carboxylic acids is 2. The molecule has 2 N–H and O–H groups in total. The summed E-state index contributed by atoms with van der Waals surface area (Å²) in [7, 11) is 0. The molecular formula is C22H36FN3O2S. The fourth-order valence-corrected chi connectivity index (χ4v) is 7.47. The van der Waals surface area contributed by atoms with E-state index in [9.17, 15) is 14.0 Å². The highest BCUT2D eigenvalue weighted by atomic mass is 32.2. The van der Waals surface area contributed by atoms with Crippen molar-refractivity contribution in [3.63, 3.8) is 0 Å². The van der Waals surface area contributed by atoms with E-state index >= 15 is 0 Å². The van der Waals surface area contributed by atoms with Crippen molar-refractivity contribution in [2.24, 2.45) is 23.2 Å². The van der Waals surface area contributed by atoms with Gasteiger partial charge in [0.1, 0.15) is 11.7 Å². The lowest BCUT2D eigenvalue weighted by atomic mass is 9.68. The second-order valence-corrected chi connectivity index (χ2v) is 11.8. The third-order valence-electron chi connectivity index (χ3n) is 7.37. The summed E-state index contributed by atoms with van der Waals surface area (Å²) in [4.78, 5) is 27.2. The molecule has 29 heavy (non-hydrogen) atoms. The van der Waals surface area contributed by atoms with Crippen molar-refractivity contribution in [1.82, 2.24) is 15.5 Å². The summed E-state index contributed by atoms with van der Waals surface area (Å²) in [6, 6.07) is 0.439. The second-order valence-electron chi connectivity index (χ2n) is 10.5. The zero-order chi connectivity index (χ0) is 20.8. The number of nitrogens with zero attached hydrogens (tertiary/aromatic N) is 1. The highest BCUT2D eigenvalue weighted by molar-refractivity contribution is 8.00. The van der Waals surface area contributed by atoms with E-state index in [1.165, 1.54) is 0 Å². The number of rotatable bonds is 2. The fourth-order valence-electron chi connectivity index (χ4n) is 5.76. The molecule has 0 radical (unpaired) electrons. The Morgan fingerprint density at radius 2 is 1.79 bits per heavy atom. The molecule has 2 saturated heterocycles. The number of carbonyl (C=O) groups is 2. The van der Waals surface area contributed by atoms with Crippen LogP contribution in [0.2, 0.25) is 0 Å². The molecule has 0 aromatic carbocycles. The molecule has 0 bridgehead atoms. The molecule has 6 atom stereocenters. The number of likely N-dealkylation sites (tertiary alicyclic amines) is 1. The van der Waals surface area contributed by atoms with E-state index < -0.39 is 6.17 Å². The lowest BCUT2D eigenvalue weighted by Gasteiger charge is -2.42. The molecule has 4 rings (SSSR count). The molecule has 4 aliphatic rings. The molecule has 164 valence electrons. The minimum Gasteiger partial charge on any atom is -0.342 e. The molecule has 0 spiro atoms. The van der Waals surface area contributed by atoms with Crippen LogP contribution in [0.25, 0.3) is 0 Å². The molecule has 2 heterocycles. The molecule has 2 aliphatic heterocycles. The van der Waals surface area contributed by atoms with Crippen LogP contribution < -0.4 is 10.6 Å². The molecule has 6 unspecified atom stereocenters. The zero-order valence-electron chi connectivity index (χ0n) is 18.0. The molecular weight excluding hydrogens is 389 g/mol. The van der Waals surface area contributed by atoms with E-state index in [1.807, 2.05) is 37.4 Å². The SMILES string of the molecule is CC(C)(C)C(=O)N1CCC(C(=O)NC2NC3CCC4CC(F)CCC4C3S2)CC1. The Morgan fingerprint density at radius 3 is 2.48 bits per heavy atom. The van der Waals surface area contributed by atoms with Gasteiger partial charge in [0.15, 0.2) is 0 Å². The Balaban J connectivity index is 1.27. The maximum atomic E-state index is 13.8. The van der Waals surface area contributed by atoms with Crippen molar-refractivity contribution in [2.45, 2.75) is 88.7 Å². The van der Waals surface area contributed by atoms with Crippen LogP contribution in [-0.4, -0.2) is 52.8 Å². The Bertz CT molecular complexity index is 632. The molecule has 2 aliphatic carbocycles. The number of halogens is 1. The molecule has 2 amide bonds. The first-order valence-corrected chi connectivity index (χ1v) is 12.3. The summed E-state index contributed by atoms with van der Waals surface area (Å²) >= 11 is 1.85. The van der Waals surface area contributed by atoms with Gasteiger partial charge in [-0.15, -0.1) is 11.8 Å². The number of hydrogen-bond acceptors (Lipinski definition) is 4. The Kier molecular flexibility index (Phi) is 6.18. The third kappa shape index (κ3) is 4.60. The van der Waals surface area contributed by atoms with Gasteiger partial charge in [0.05, 0.1) is 0 Å². The maximum Gasteiger partial charge on any atom is 0.227 e. The molecule has 4 fully saturated rings. The predicted octanol–water partition coefficient (Wildman–Crippen LogP) is 3.29. The van der Waals surface area contributed by atoms with Gasteiger partial charge in [0.2, 0.25) is 11.8 Å². The minimum absolute atomic E-state index is 0.0150. The Labute approximate surface area is 178 Å². The normalized spacial score (nSPS) is 38.3. The second kappa shape index (κ2) is 8.37. The van der Waals surface area contributed by atoms with Crippen LogP contribution in [0, 0.1) is 23.2 Å². The lowest BCUT2D eigenvalue weighted by Crippen LogP contribution is -2.50. The van der Waals surface area contributed by atoms with Gasteiger partial charge in [0.25, 0.3) is 0 Å². The van der Waals surface area contributed by atoms with Crippen molar-refractivity contribution in [1.29, 1.82) is 0 Å². The van der Waals surface area contributed by atoms with Crippen LogP contribution in [0.4, 0.5) is 4.39 Å². The van der Waals surface area contributed by atoms with Crippen molar-refractivity contribution >= 4 is 23.6 Å². The van der Waals surface area contributed by atoms with E-state index in [-0.39, 0.29) is 28.6 Å². The van der Waals surface area contributed by atoms with E-state index in [1.54, 1.807) is 0 Å². The van der Waals surface area contributed by atoms with Gasteiger partial charge in [-0.25, -0.2) is 4.39 Å². The van der Waals surface area contributed by atoms with Crippen molar-refractivity contribution in [3.05, 3.63) is 0 Å². The van der Waals surface area contributed by atoms with Gasteiger partial charge in [0, 0.05) is 35.7 Å². The number of hydrogen-bond donors (Lipinski definition) is 2. The van der Waals surface area contributed by atoms with Crippen LogP contribution in [0.15, 0.2) is 0 Å². The molecule has 2 saturated carbocycles. The van der Waals surface area contributed by atoms with Crippen molar-refractivity contribution < 1.29 is 14.0 Å². The summed E-state index contributed by atoms with van der Waals surface area (Å²) in [5.41, 5.74) is -0.400. The Morgan fingerprint density at radius 1 is 1.07 bits per heavy atom. The van der Waals surface area contributed by atoms with E-state index in [0.717, 1.165) is 38.5 Å². The zero-order valence-corrected chi connectivity index (χ0v) is 18.8. The summed E-state index contributed by atoms with van der Waals surface area (Å²) in [5.74, 6) is 1.38. The number of piperidine rings is 1. The molecule has 5 nitrogen and oxygen atoms in total. The van der Waals surface area contributed by atoms with Crippen LogP contribution in [0.3, 0.4) is 0 Å².